The van der Waals surface area contributed by atoms with Gasteiger partial charge in [-0.2, -0.15) is 5.10 Å². The number of hydrogen-bond donors (Lipinski definition) is 3. The predicted molar refractivity (Wildman–Crippen MR) is 100 cm³/mol. The molecule has 1 aromatic heterocycles. The number of H-pyrrole nitrogens is 1. The van der Waals surface area contributed by atoms with Crippen LogP contribution in [0.15, 0.2) is 41.2 Å². The van der Waals surface area contributed by atoms with Crippen molar-refractivity contribution in [2.24, 2.45) is 5.14 Å². The van der Waals surface area contributed by atoms with Crippen molar-refractivity contribution < 1.29 is 13.7 Å². The van der Waals surface area contributed by atoms with Crippen LogP contribution in [0.1, 0.15) is 5.56 Å². The van der Waals surface area contributed by atoms with Gasteiger partial charge in [0, 0.05) is 17.5 Å². The number of hydrogen-bond acceptors (Lipinski definition) is 5. The number of rotatable bonds is 6. The summed E-state index contributed by atoms with van der Waals surface area (Å²) in [6, 6.07) is 10.8. The molecule has 0 radical (unpaired) electrons. The van der Waals surface area contributed by atoms with Gasteiger partial charge in [-0.05, 0) is 23.8 Å². The van der Waals surface area contributed by atoms with Crippen LogP contribution in [-0.4, -0.2) is 28.6 Å². The first-order valence-corrected chi connectivity index (χ1v) is 8.88. The van der Waals surface area contributed by atoms with Crippen molar-refractivity contribution in [3.8, 4) is 22.8 Å². The molecular weight excluding hydrogens is 356 g/mol. The Bertz CT molecular complexity index is 1030. The highest BCUT2D eigenvalue weighted by Gasteiger charge is 2.14. The van der Waals surface area contributed by atoms with Gasteiger partial charge in [-0.3, -0.25) is 4.79 Å². The molecule has 3 aromatic rings. The normalized spacial score (nSPS) is 12.1. The molecule has 0 aliphatic heterocycles. The summed E-state index contributed by atoms with van der Waals surface area (Å²) in [5, 5.41) is 13.0. The SMILES string of the molecule is COc1cc2c(-c3cccc(CNS(N)=O)c3)n[nH]c(=O)c2cc1OC. The monoisotopic (exact) mass is 374 g/mol. The van der Waals surface area contributed by atoms with Crippen molar-refractivity contribution in [2.75, 3.05) is 14.2 Å². The molecular formula is C17H18N4O4S. The van der Waals surface area contributed by atoms with E-state index < -0.39 is 11.2 Å². The highest BCUT2D eigenvalue weighted by molar-refractivity contribution is 7.80. The van der Waals surface area contributed by atoms with Crippen LogP contribution in [0.4, 0.5) is 0 Å². The third-order valence-electron chi connectivity index (χ3n) is 3.91. The van der Waals surface area contributed by atoms with Gasteiger partial charge < -0.3 is 9.47 Å². The fourth-order valence-electron chi connectivity index (χ4n) is 2.69. The van der Waals surface area contributed by atoms with E-state index in [0.29, 0.717) is 34.5 Å². The van der Waals surface area contributed by atoms with Gasteiger partial charge >= 0.3 is 0 Å². The van der Waals surface area contributed by atoms with E-state index in [1.54, 1.807) is 12.1 Å². The van der Waals surface area contributed by atoms with Crippen LogP contribution in [0.2, 0.25) is 0 Å². The summed E-state index contributed by atoms with van der Waals surface area (Å²) in [7, 11) is 3.04. The molecule has 3 rings (SSSR count). The maximum absolute atomic E-state index is 12.2. The second-order valence-corrected chi connectivity index (χ2v) is 6.36. The lowest BCUT2D eigenvalue weighted by molar-refractivity contribution is 0.356. The van der Waals surface area contributed by atoms with Crippen LogP contribution in [0.25, 0.3) is 22.0 Å². The quantitative estimate of drug-likeness (QED) is 0.600. The maximum atomic E-state index is 12.2. The fraction of sp³-hybridized carbons (Fsp3) is 0.176. The van der Waals surface area contributed by atoms with Crippen LogP contribution in [0.3, 0.4) is 0 Å². The molecule has 0 aliphatic carbocycles. The third kappa shape index (κ3) is 3.59. The Kier molecular flexibility index (Phi) is 5.31. The average molecular weight is 374 g/mol. The molecule has 0 spiro atoms. The van der Waals surface area contributed by atoms with E-state index in [1.165, 1.54) is 14.2 Å². The lowest BCUT2D eigenvalue weighted by Crippen LogP contribution is -2.23. The number of nitrogens with two attached hydrogens (primary N) is 1. The zero-order chi connectivity index (χ0) is 18.7. The molecule has 2 aromatic carbocycles. The van der Waals surface area contributed by atoms with Gasteiger partial charge in [0.1, 0.15) is 0 Å². The minimum atomic E-state index is -1.59. The smallest absolute Gasteiger partial charge is 0.272 e. The molecule has 0 saturated carbocycles. The maximum Gasteiger partial charge on any atom is 0.272 e. The standard InChI is InChI=1S/C17H18N4O4S/c1-24-14-7-12-13(8-15(14)25-2)17(22)21-20-16(12)11-5-3-4-10(6-11)9-19-26(18)23/h3-8,19H,9,18H2,1-2H3,(H,21,22). The number of ether oxygens (including phenoxy) is 2. The van der Waals surface area contributed by atoms with E-state index in [0.717, 1.165) is 11.1 Å². The van der Waals surface area contributed by atoms with Crippen LogP contribution >= 0.6 is 0 Å². The molecule has 26 heavy (non-hydrogen) atoms. The van der Waals surface area contributed by atoms with Crippen molar-refractivity contribution in [3.63, 3.8) is 0 Å². The van der Waals surface area contributed by atoms with E-state index in [-0.39, 0.29) is 5.56 Å². The number of aromatic nitrogens is 2. The second-order valence-electron chi connectivity index (χ2n) is 5.47. The van der Waals surface area contributed by atoms with Crippen molar-refractivity contribution >= 4 is 21.9 Å². The minimum Gasteiger partial charge on any atom is -0.493 e. The topological polar surface area (TPSA) is 119 Å². The van der Waals surface area contributed by atoms with E-state index in [4.69, 9.17) is 14.6 Å². The van der Waals surface area contributed by atoms with Gasteiger partial charge in [0.15, 0.2) is 22.7 Å². The minimum absolute atomic E-state index is 0.318. The lowest BCUT2D eigenvalue weighted by Gasteiger charge is -2.11. The number of aromatic amines is 1. The van der Waals surface area contributed by atoms with Gasteiger partial charge in [-0.1, -0.05) is 18.2 Å². The van der Waals surface area contributed by atoms with Crippen LogP contribution in [0, 0.1) is 0 Å². The summed E-state index contributed by atoms with van der Waals surface area (Å²) >= 11 is -1.59. The Morgan fingerprint density at radius 3 is 2.50 bits per heavy atom. The van der Waals surface area contributed by atoms with E-state index in [2.05, 4.69) is 14.9 Å². The molecule has 8 nitrogen and oxygen atoms in total. The Hall–Kier alpha value is -2.75. The molecule has 4 N–H and O–H groups in total. The highest BCUT2D eigenvalue weighted by atomic mass is 32.2. The van der Waals surface area contributed by atoms with Crippen molar-refractivity contribution in [1.29, 1.82) is 0 Å². The highest BCUT2D eigenvalue weighted by Crippen LogP contribution is 2.34. The zero-order valence-electron chi connectivity index (χ0n) is 14.2. The number of benzene rings is 2. The van der Waals surface area contributed by atoms with Crippen molar-refractivity contribution in [1.82, 2.24) is 14.9 Å². The molecule has 0 fully saturated rings. The van der Waals surface area contributed by atoms with E-state index >= 15 is 0 Å². The lowest BCUT2D eigenvalue weighted by atomic mass is 10.0. The average Bonchev–Trinajstić information content (AvgIpc) is 2.66. The number of nitrogens with one attached hydrogen (secondary N) is 2. The summed E-state index contributed by atoms with van der Waals surface area (Å²) in [4.78, 5) is 12.2. The molecule has 0 aliphatic rings. The molecule has 1 atom stereocenters. The third-order valence-corrected chi connectivity index (χ3v) is 4.34. The molecule has 0 saturated heterocycles. The van der Waals surface area contributed by atoms with Crippen LogP contribution in [0.5, 0.6) is 11.5 Å². The number of methoxy groups -OCH3 is 2. The zero-order valence-corrected chi connectivity index (χ0v) is 15.1. The summed E-state index contributed by atoms with van der Waals surface area (Å²) in [6.45, 7) is 0.343. The summed E-state index contributed by atoms with van der Waals surface area (Å²) in [6.07, 6.45) is 0. The predicted octanol–water partition coefficient (Wildman–Crippen LogP) is 1.23. The van der Waals surface area contributed by atoms with E-state index in [9.17, 15) is 9.00 Å². The van der Waals surface area contributed by atoms with Gasteiger partial charge in [-0.25, -0.2) is 19.2 Å². The molecule has 0 amide bonds. The fourth-order valence-corrected chi connectivity index (χ4v) is 3.00. The summed E-state index contributed by atoms with van der Waals surface area (Å²) in [5.41, 5.74) is 1.95. The van der Waals surface area contributed by atoms with Gasteiger partial charge in [0.25, 0.3) is 5.56 Å². The Balaban J connectivity index is 2.16. The molecule has 1 heterocycles. The first-order valence-electron chi connectivity index (χ1n) is 7.67. The van der Waals surface area contributed by atoms with Crippen LogP contribution < -0.4 is 24.9 Å². The van der Waals surface area contributed by atoms with Crippen molar-refractivity contribution in [3.05, 3.63) is 52.3 Å². The molecule has 9 heteroatoms. The van der Waals surface area contributed by atoms with E-state index in [1.807, 2.05) is 24.3 Å². The van der Waals surface area contributed by atoms with Gasteiger partial charge in [0.2, 0.25) is 0 Å². The Labute approximate surface area is 152 Å². The Morgan fingerprint density at radius 1 is 1.15 bits per heavy atom. The number of nitrogens with zero attached hydrogens (tertiary/aromatic N) is 1. The summed E-state index contributed by atoms with van der Waals surface area (Å²) < 4.78 is 24.3. The Morgan fingerprint density at radius 2 is 1.85 bits per heavy atom. The van der Waals surface area contributed by atoms with Gasteiger partial charge in [-0.15, -0.1) is 0 Å². The number of fused-ring (bicyclic) bond motifs is 1. The van der Waals surface area contributed by atoms with Crippen molar-refractivity contribution in [2.45, 2.75) is 6.54 Å². The summed E-state index contributed by atoms with van der Waals surface area (Å²) in [5.74, 6) is 0.969. The first kappa shape index (κ1) is 18.1. The largest absolute Gasteiger partial charge is 0.493 e. The molecule has 0 bridgehead atoms. The second kappa shape index (κ2) is 7.65. The molecule has 1 unspecified atom stereocenters. The first-order chi connectivity index (χ1) is 12.5. The van der Waals surface area contributed by atoms with Crippen LogP contribution in [-0.2, 0) is 17.7 Å². The molecule has 136 valence electrons. The van der Waals surface area contributed by atoms with Gasteiger partial charge in [0.05, 0.1) is 25.3 Å².